The summed E-state index contributed by atoms with van der Waals surface area (Å²) in [6.07, 6.45) is 1.73. The molecule has 0 aromatic heterocycles. The fraction of sp³-hybridized carbons (Fsp3) is 0.500. The maximum atomic E-state index is 11.9. The highest BCUT2D eigenvalue weighted by molar-refractivity contribution is 6.34. The van der Waals surface area contributed by atoms with Gasteiger partial charge in [0.25, 0.3) is 0 Å². The Kier molecular flexibility index (Phi) is 4.73. The van der Waals surface area contributed by atoms with E-state index in [1.54, 1.807) is 12.1 Å². The van der Waals surface area contributed by atoms with Crippen molar-refractivity contribution in [1.82, 2.24) is 0 Å². The quantitative estimate of drug-likeness (QED) is 0.656. The molecule has 1 aromatic carbocycles. The van der Waals surface area contributed by atoms with E-state index < -0.39 is 5.97 Å². The maximum absolute atomic E-state index is 11.9. The zero-order valence-corrected chi connectivity index (χ0v) is 12.2. The van der Waals surface area contributed by atoms with Crippen molar-refractivity contribution < 1.29 is 14.6 Å². The van der Waals surface area contributed by atoms with Gasteiger partial charge in [0, 0.05) is 25.4 Å². The Balaban J connectivity index is 2.33. The number of hydrogen-bond acceptors (Lipinski definition) is 5. The molecule has 110 valence electrons. The zero-order valence-electron chi connectivity index (χ0n) is 11.4. The van der Waals surface area contributed by atoms with Gasteiger partial charge in [0.05, 0.1) is 23.4 Å². The molecule has 1 atom stereocenters. The third kappa shape index (κ3) is 2.99. The summed E-state index contributed by atoms with van der Waals surface area (Å²) in [7, 11) is 1.34. The third-order valence-corrected chi connectivity index (χ3v) is 3.92. The van der Waals surface area contributed by atoms with Gasteiger partial charge in [-0.05, 0) is 30.9 Å². The number of carbonyl (C=O) groups is 1. The average Bonchev–Trinajstić information content (AvgIpc) is 2.85. The van der Waals surface area contributed by atoms with E-state index in [4.69, 9.17) is 27.2 Å². The minimum atomic E-state index is -0.445. The van der Waals surface area contributed by atoms with Crippen LogP contribution < -0.4 is 10.6 Å². The molecular formula is C14H19ClN2O3. The first-order valence-corrected chi connectivity index (χ1v) is 6.97. The van der Waals surface area contributed by atoms with Gasteiger partial charge in [0.1, 0.15) is 0 Å². The van der Waals surface area contributed by atoms with Gasteiger partial charge < -0.3 is 20.5 Å². The monoisotopic (exact) mass is 298 g/mol. The molecule has 1 aromatic rings. The Morgan fingerprint density at radius 1 is 1.60 bits per heavy atom. The number of anilines is 2. The highest BCUT2D eigenvalue weighted by Gasteiger charge is 2.28. The smallest absolute Gasteiger partial charge is 0.340 e. The number of nitrogens with two attached hydrogens (primary N) is 1. The second-order valence-corrected chi connectivity index (χ2v) is 5.41. The molecule has 1 aliphatic rings. The zero-order chi connectivity index (χ0) is 14.7. The van der Waals surface area contributed by atoms with Gasteiger partial charge in [-0.25, -0.2) is 4.79 Å². The van der Waals surface area contributed by atoms with Gasteiger partial charge in [-0.15, -0.1) is 0 Å². The largest absolute Gasteiger partial charge is 0.465 e. The lowest BCUT2D eigenvalue weighted by Gasteiger charge is -2.23. The first-order valence-electron chi connectivity index (χ1n) is 6.60. The van der Waals surface area contributed by atoms with Crippen molar-refractivity contribution in [3.63, 3.8) is 0 Å². The van der Waals surface area contributed by atoms with Crippen molar-refractivity contribution >= 4 is 28.9 Å². The molecule has 20 heavy (non-hydrogen) atoms. The minimum Gasteiger partial charge on any atom is -0.465 e. The minimum absolute atomic E-state index is 0.178. The number of ether oxygens (including phenoxy) is 1. The van der Waals surface area contributed by atoms with E-state index in [9.17, 15) is 4.79 Å². The first-order chi connectivity index (χ1) is 9.56. The Morgan fingerprint density at radius 3 is 3.00 bits per heavy atom. The fourth-order valence-electron chi connectivity index (χ4n) is 2.66. The van der Waals surface area contributed by atoms with Crippen LogP contribution in [0.5, 0.6) is 0 Å². The van der Waals surface area contributed by atoms with Crippen molar-refractivity contribution in [3.05, 3.63) is 22.7 Å². The Morgan fingerprint density at radius 2 is 2.35 bits per heavy atom. The molecule has 0 amide bonds. The van der Waals surface area contributed by atoms with E-state index in [0.29, 0.717) is 27.9 Å². The Bertz CT molecular complexity index is 507. The number of aliphatic hydroxyl groups is 1. The summed E-state index contributed by atoms with van der Waals surface area (Å²) in [5.41, 5.74) is 7.25. The van der Waals surface area contributed by atoms with E-state index in [0.717, 1.165) is 25.9 Å². The molecule has 1 aliphatic heterocycles. The number of aliphatic hydroxyl groups excluding tert-OH is 1. The van der Waals surface area contributed by atoms with Crippen LogP contribution in [0.3, 0.4) is 0 Å². The van der Waals surface area contributed by atoms with Crippen LogP contribution in [-0.4, -0.2) is 37.9 Å². The summed E-state index contributed by atoms with van der Waals surface area (Å²) in [5.74, 6) is -0.0288. The molecule has 2 rings (SSSR count). The standard InChI is InChI=1S/C14H19ClN2O3/c1-20-14(19)11-6-10(16)7-12(15)13(11)17-4-2-9(8-17)3-5-18/h6-7,9,18H,2-5,8,16H2,1H3. The van der Waals surface area contributed by atoms with Crippen LogP contribution in [0.1, 0.15) is 23.2 Å². The first kappa shape index (κ1) is 14.9. The van der Waals surface area contributed by atoms with Gasteiger partial charge >= 0.3 is 5.97 Å². The highest BCUT2D eigenvalue weighted by Crippen LogP contribution is 2.36. The molecule has 0 bridgehead atoms. The molecule has 0 saturated carbocycles. The predicted octanol–water partition coefficient (Wildman–Crippen LogP) is 1.92. The van der Waals surface area contributed by atoms with Gasteiger partial charge in [-0.2, -0.15) is 0 Å². The Hall–Kier alpha value is -1.46. The lowest BCUT2D eigenvalue weighted by molar-refractivity contribution is 0.0601. The molecule has 6 heteroatoms. The number of benzene rings is 1. The van der Waals surface area contributed by atoms with Gasteiger partial charge in [0.2, 0.25) is 0 Å². The van der Waals surface area contributed by atoms with Crippen LogP contribution >= 0.6 is 11.6 Å². The van der Waals surface area contributed by atoms with Crippen LogP contribution in [0, 0.1) is 5.92 Å². The number of halogens is 1. The molecule has 1 heterocycles. The SMILES string of the molecule is COC(=O)c1cc(N)cc(Cl)c1N1CCC(CCO)C1. The molecule has 1 saturated heterocycles. The molecule has 0 radical (unpaired) electrons. The van der Waals surface area contributed by atoms with Crippen LogP contribution in [0.2, 0.25) is 5.02 Å². The van der Waals surface area contributed by atoms with Crippen molar-refractivity contribution in [1.29, 1.82) is 0 Å². The van der Waals surface area contributed by atoms with E-state index in [1.165, 1.54) is 7.11 Å². The topological polar surface area (TPSA) is 75.8 Å². The lowest BCUT2D eigenvalue weighted by Crippen LogP contribution is -2.23. The number of rotatable bonds is 4. The van der Waals surface area contributed by atoms with Crippen LogP contribution in [-0.2, 0) is 4.74 Å². The van der Waals surface area contributed by atoms with E-state index >= 15 is 0 Å². The second kappa shape index (κ2) is 6.33. The molecule has 5 nitrogen and oxygen atoms in total. The summed E-state index contributed by atoms with van der Waals surface area (Å²) < 4.78 is 4.80. The molecule has 0 aliphatic carbocycles. The summed E-state index contributed by atoms with van der Waals surface area (Å²) in [4.78, 5) is 14.0. The molecule has 1 fully saturated rings. The fourth-order valence-corrected chi connectivity index (χ4v) is 3.01. The van der Waals surface area contributed by atoms with Crippen LogP contribution in [0.25, 0.3) is 0 Å². The molecular weight excluding hydrogens is 280 g/mol. The summed E-state index contributed by atoms with van der Waals surface area (Å²) in [5, 5.41) is 9.47. The van der Waals surface area contributed by atoms with Crippen molar-refractivity contribution in [2.45, 2.75) is 12.8 Å². The number of hydrogen-bond donors (Lipinski definition) is 2. The van der Waals surface area contributed by atoms with Gasteiger partial charge in [-0.3, -0.25) is 0 Å². The number of carbonyl (C=O) groups excluding carboxylic acids is 1. The van der Waals surface area contributed by atoms with E-state index in [1.807, 2.05) is 0 Å². The van der Waals surface area contributed by atoms with E-state index in [2.05, 4.69) is 4.90 Å². The summed E-state index contributed by atoms with van der Waals surface area (Å²) >= 11 is 6.26. The van der Waals surface area contributed by atoms with Crippen molar-refractivity contribution in [3.8, 4) is 0 Å². The Labute approximate surface area is 123 Å². The summed E-state index contributed by atoms with van der Waals surface area (Å²) in [6, 6.07) is 3.23. The van der Waals surface area contributed by atoms with Crippen molar-refractivity contribution in [2.24, 2.45) is 5.92 Å². The highest BCUT2D eigenvalue weighted by atomic mass is 35.5. The molecule has 1 unspecified atom stereocenters. The number of methoxy groups -OCH3 is 1. The van der Waals surface area contributed by atoms with Crippen LogP contribution in [0.4, 0.5) is 11.4 Å². The molecule has 3 N–H and O–H groups in total. The van der Waals surface area contributed by atoms with Crippen molar-refractivity contribution in [2.75, 3.05) is 37.4 Å². The normalized spacial score (nSPS) is 18.4. The lowest BCUT2D eigenvalue weighted by atomic mass is 10.1. The van der Waals surface area contributed by atoms with Crippen LogP contribution in [0.15, 0.2) is 12.1 Å². The number of esters is 1. The van der Waals surface area contributed by atoms with E-state index in [-0.39, 0.29) is 6.61 Å². The number of nitrogens with zero attached hydrogens (tertiary/aromatic N) is 1. The summed E-state index contributed by atoms with van der Waals surface area (Å²) in [6.45, 7) is 1.75. The number of nitrogen functional groups attached to an aromatic ring is 1. The average molecular weight is 299 g/mol. The maximum Gasteiger partial charge on any atom is 0.340 e. The third-order valence-electron chi connectivity index (χ3n) is 3.63. The van der Waals surface area contributed by atoms with Gasteiger partial charge in [-0.1, -0.05) is 11.6 Å². The second-order valence-electron chi connectivity index (χ2n) is 5.00. The molecule has 0 spiro atoms. The van der Waals surface area contributed by atoms with Gasteiger partial charge in [0.15, 0.2) is 0 Å². The predicted molar refractivity (Wildman–Crippen MR) is 79.2 cm³/mol.